The van der Waals surface area contributed by atoms with Gasteiger partial charge in [0, 0.05) is 5.69 Å². The van der Waals surface area contributed by atoms with Gasteiger partial charge >= 0.3 is 5.97 Å². The highest BCUT2D eigenvalue weighted by molar-refractivity contribution is 5.97. The molecule has 0 bridgehead atoms. The molecule has 0 amide bonds. The number of benzene rings is 1. The average Bonchev–Trinajstić information content (AvgIpc) is 2.89. The number of anilines is 1. The Morgan fingerprint density at radius 3 is 3.04 bits per heavy atom. The van der Waals surface area contributed by atoms with E-state index in [9.17, 15) is 4.79 Å². The van der Waals surface area contributed by atoms with Crippen molar-refractivity contribution in [3.8, 4) is 0 Å². The molecule has 2 atom stereocenters. The number of carbonyl (C=O) groups excluding carboxylic acids is 1. The number of esters is 1. The smallest absolute Gasteiger partial charge is 0.314 e. The number of hydrogen-bond acceptors (Lipinski definition) is 5. The SMILES string of the molecule is CCOC(=O)C1C=C2C=NNC(=Nc3cc(N)ccc3C)N2C1C. The Kier molecular flexibility index (Phi) is 4.24. The van der Waals surface area contributed by atoms with Gasteiger partial charge in [0.25, 0.3) is 0 Å². The fourth-order valence-electron chi connectivity index (χ4n) is 2.87. The third-order valence-electron chi connectivity index (χ3n) is 4.16. The lowest BCUT2D eigenvalue weighted by Crippen LogP contribution is -2.46. The maximum absolute atomic E-state index is 12.1. The van der Waals surface area contributed by atoms with E-state index in [1.54, 1.807) is 13.1 Å². The van der Waals surface area contributed by atoms with Crippen molar-refractivity contribution >= 4 is 29.5 Å². The van der Waals surface area contributed by atoms with Crippen LogP contribution in [0.25, 0.3) is 0 Å². The summed E-state index contributed by atoms with van der Waals surface area (Å²) < 4.78 is 5.16. The number of rotatable bonds is 3. The molecule has 126 valence electrons. The van der Waals surface area contributed by atoms with E-state index in [0.717, 1.165) is 16.9 Å². The predicted molar refractivity (Wildman–Crippen MR) is 93.8 cm³/mol. The van der Waals surface area contributed by atoms with Gasteiger partial charge in [0.15, 0.2) is 0 Å². The Balaban J connectivity index is 1.94. The largest absolute Gasteiger partial charge is 0.465 e. The Morgan fingerprint density at radius 1 is 1.50 bits per heavy atom. The molecule has 7 heteroatoms. The molecule has 0 fully saturated rings. The lowest BCUT2D eigenvalue weighted by molar-refractivity contribution is -0.147. The standard InChI is InChI=1S/C17H21N5O2/c1-4-24-16(23)14-8-13-9-19-21-17(22(13)11(14)3)20-15-7-12(18)6-5-10(15)2/h5-9,11,14H,4,18H2,1-3H3,(H,20,21). The number of nitrogens with one attached hydrogen (secondary N) is 1. The van der Waals surface area contributed by atoms with Crippen molar-refractivity contribution in [1.29, 1.82) is 0 Å². The van der Waals surface area contributed by atoms with E-state index in [1.165, 1.54) is 0 Å². The maximum Gasteiger partial charge on any atom is 0.314 e. The van der Waals surface area contributed by atoms with Gasteiger partial charge in [-0.05, 0) is 44.5 Å². The summed E-state index contributed by atoms with van der Waals surface area (Å²) in [5.74, 6) is -0.0185. The molecule has 0 radical (unpaired) electrons. The monoisotopic (exact) mass is 327 g/mol. The number of allylic oxidation sites excluding steroid dienone is 1. The number of hydrazone groups is 1. The average molecular weight is 327 g/mol. The molecule has 2 aliphatic heterocycles. The topological polar surface area (TPSA) is 92.3 Å². The Hall–Kier alpha value is -2.83. The Bertz CT molecular complexity index is 753. The van der Waals surface area contributed by atoms with Crippen LogP contribution in [0.15, 0.2) is 40.1 Å². The molecule has 1 aromatic carbocycles. The minimum absolute atomic E-state index is 0.113. The third-order valence-corrected chi connectivity index (χ3v) is 4.16. The van der Waals surface area contributed by atoms with Crippen LogP contribution in [0.5, 0.6) is 0 Å². The molecular weight excluding hydrogens is 306 g/mol. The van der Waals surface area contributed by atoms with E-state index in [0.29, 0.717) is 18.3 Å². The molecule has 3 N–H and O–H groups in total. The fraction of sp³-hybridized carbons (Fsp3) is 0.353. The van der Waals surface area contributed by atoms with Gasteiger partial charge in [-0.15, -0.1) is 0 Å². The number of nitrogen functional groups attached to an aromatic ring is 1. The van der Waals surface area contributed by atoms with Gasteiger partial charge in [-0.2, -0.15) is 5.10 Å². The van der Waals surface area contributed by atoms with Crippen LogP contribution < -0.4 is 11.2 Å². The second-order valence-electron chi connectivity index (χ2n) is 5.83. The minimum atomic E-state index is -0.349. The van der Waals surface area contributed by atoms with Gasteiger partial charge in [-0.25, -0.2) is 10.4 Å². The highest BCUT2D eigenvalue weighted by atomic mass is 16.5. The van der Waals surface area contributed by atoms with Crippen LogP contribution in [0.1, 0.15) is 19.4 Å². The molecule has 7 nitrogen and oxygen atoms in total. The first-order chi connectivity index (χ1) is 11.5. The number of aliphatic imine (C=N–C) groups is 1. The molecule has 2 unspecified atom stereocenters. The molecule has 0 saturated carbocycles. The molecule has 0 aliphatic carbocycles. The first-order valence-electron chi connectivity index (χ1n) is 7.93. The Labute approximate surface area is 140 Å². The summed E-state index contributed by atoms with van der Waals surface area (Å²) in [6.45, 7) is 6.10. The number of fused-ring (bicyclic) bond motifs is 1. The van der Waals surface area contributed by atoms with Crippen LogP contribution in [0.2, 0.25) is 0 Å². The zero-order valence-electron chi connectivity index (χ0n) is 14.0. The van der Waals surface area contributed by atoms with E-state index in [1.807, 2.05) is 43.0 Å². The first-order valence-corrected chi connectivity index (χ1v) is 7.93. The van der Waals surface area contributed by atoms with Crippen LogP contribution in [-0.2, 0) is 9.53 Å². The third kappa shape index (κ3) is 2.84. The van der Waals surface area contributed by atoms with Gasteiger partial charge in [-0.1, -0.05) is 6.07 Å². The van der Waals surface area contributed by atoms with E-state index >= 15 is 0 Å². The summed E-state index contributed by atoms with van der Waals surface area (Å²) in [6, 6.07) is 5.46. The normalized spacial score (nSPS) is 23.7. The van der Waals surface area contributed by atoms with Crippen molar-refractivity contribution in [2.45, 2.75) is 26.8 Å². The van der Waals surface area contributed by atoms with Crippen LogP contribution in [0.3, 0.4) is 0 Å². The van der Waals surface area contributed by atoms with Crippen LogP contribution in [0.4, 0.5) is 11.4 Å². The highest BCUT2D eigenvalue weighted by Crippen LogP contribution is 2.30. The summed E-state index contributed by atoms with van der Waals surface area (Å²) in [6.07, 6.45) is 3.55. The zero-order chi connectivity index (χ0) is 17.3. The van der Waals surface area contributed by atoms with Gasteiger partial charge in [-0.3, -0.25) is 4.79 Å². The lowest BCUT2D eigenvalue weighted by atomic mass is 10.0. The molecule has 0 saturated heterocycles. The van der Waals surface area contributed by atoms with Gasteiger partial charge in [0.05, 0.1) is 36.2 Å². The Morgan fingerprint density at radius 2 is 2.29 bits per heavy atom. The van der Waals surface area contributed by atoms with E-state index in [4.69, 9.17) is 10.5 Å². The number of nitrogens with zero attached hydrogens (tertiary/aromatic N) is 3. The van der Waals surface area contributed by atoms with Crippen molar-refractivity contribution in [3.63, 3.8) is 0 Å². The zero-order valence-corrected chi connectivity index (χ0v) is 14.0. The highest BCUT2D eigenvalue weighted by Gasteiger charge is 2.39. The minimum Gasteiger partial charge on any atom is -0.465 e. The maximum atomic E-state index is 12.1. The molecule has 24 heavy (non-hydrogen) atoms. The molecule has 3 rings (SSSR count). The van der Waals surface area contributed by atoms with E-state index < -0.39 is 0 Å². The molecule has 0 spiro atoms. The molecule has 0 aromatic heterocycles. The van der Waals surface area contributed by atoms with Crippen LogP contribution in [-0.4, -0.2) is 35.7 Å². The number of aryl methyl sites for hydroxylation is 1. The quantitative estimate of drug-likeness (QED) is 0.653. The van der Waals surface area contributed by atoms with Gasteiger partial charge in [0.2, 0.25) is 5.96 Å². The van der Waals surface area contributed by atoms with E-state index in [-0.39, 0.29) is 17.9 Å². The van der Waals surface area contributed by atoms with E-state index in [2.05, 4.69) is 15.5 Å². The lowest BCUT2D eigenvalue weighted by Gasteiger charge is -2.30. The predicted octanol–water partition coefficient (Wildman–Crippen LogP) is 1.92. The van der Waals surface area contributed by atoms with Gasteiger partial charge < -0.3 is 15.4 Å². The van der Waals surface area contributed by atoms with Crippen molar-refractivity contribution in [1.82, 2.24) is 10.3 Å². The second kappa shape index (κ2) is 6.35. The van der Waals surface area contributed by atoms with Crippen molar-refractivity contribution in [2.75, 3.05) is 12.3 Å². The number of carbonyl (C=O) groups is 1. The van der Waals surface area contributed by atoms with Crippen molar-refractivity contribution < 1.29 is 9.53 Å². The summed E-state index contributed by atoms with van der Waals surface area (Å²) >= 11 is 0. The number of hydrogen-bond donors (Lipinski definition) is 2. The molecule has 2 heterocycles. The number of nitrogens with two attached hydrogens (primary N) is 1. The van der Waals surface area contributed by atoms with Crippen LogP contribution in [0, 0.1) is 12.8 Å². The summed E-state index contributed by atoms with van der Waals surface area (Å²) in [4.78, 5) is 18.8. The molecule has 2 aliphatic rings. The van der Waals surface area contributed by atoms with Crippen molar-refractivity contribution in [3.05, 3.63) is 35.5 Å². The summed E-state index contributed by atoms with van der Waals surface area (Å²) in [7, 11) is 0. The number of guanidine groups is 1. The molecular formula is C17H21N5O2. The summed E-state index contributed by atoms with van der Waals surface area (Å²) in [5, 5.41) is 4.12. The number of ether oxygens (including phenoxy) is 1. The first kappa shape index (κ1) is 16.0. The molecule has 1 aromatic rings. The second-order valence-corrected chi connectivity index (χ2v) is 5.83. The van der Waals surface area contributed by atoms with Crippen molar-refractivity contribution in [2.24, 2.45) is 16.0 Å². The fourth-order valence-corrected chi connectivity index (χ4v) is 2.87. The van der Waals surface area contributed by atoms with Crippen LogP contribution >= 0.6 is 0 Å². The summed E-state index contributed by atoms with van der Waals surface area (Å²) in [5.41, 5.74) is 12.0. The van der Waals surface area contributed by atoms with Gasteiger partial charge in [0.1, 0.15) is 0 Å².